The topological polar surface area (TPSA) is 72.9 Å². The fraction of sp³-hybridized carbons (Fsp3) is 0.647. The number of carbonyl (C=O) groups is 2. The minimum atomic E-state index is -4.54. The summed E-state index contributed by atoms with van der Waals surface area (Å²) in [5.41, 5.74) is -0.963. The Morgan fingerprint density at radius 3 is 2.14 bits per heavy atom. The van der Waals surface area contributed by atoms with Crippen molar-refractivity contribution in [3.05, 3.63) is 11.8 Å². The molecule has 8 nitrogen and oxygen atoms in total. The number of hydrogen-bond acceptors (Lipinski definition) is 7. The summed E-state index contributed by atoms with van der Waals surface area (Å²) < 4.78 is 39.5. The van der Waals surface area contributed by atoms with Crippen molar-refractivity contribution < 1.29 is 22.8 Å². The van der Waals surface area contributed by atoms with Crippen LogP contribution in [0.4, 0.5) is 24.9 Å². The number of alkyl halides is 3. The molecule has 0 atom stereocenters. The molecule has 154 valence electrons. The van der Waals surface area contributed by atoms with Crippen LogP contribution in [0.1, 0.15) is 18.5 Å². The molecule has 2 fully saturated rings. The summed E-state index contributed by atoms with van der Waals surface area (Å²) in [5, 5.41) is 0. The summed E-state index contributed by atoms with van der Waals surface area (Å²) in [4.78, 5) is 37.9. The van der Waals surface area contributed by atoms with Crippen molar-refractivity contribution in [3.8, 4) is 0 Å². The summed E-state index contributed by atoms with van der Waals surface area (Å²) >= 11 is 0. The highest BCUT2D eigenvalue weighted by molar-refractivity contribution is 6.01. The first-order valence-corrected chi connectivity index (χ1v) is 9.09. The van der Waals surface area contributed by atoms with Crippen molar-refractivity contribution in [1.29, 1.82) is 0 Å². The molecule has 2 saturated heterocycles. The van der Waals surface area contributed by atoms with Gasteiger partial charge in [-0.15, -0.1) is 0 Å². The van der Waals surface area contributed by atoms with Crippen molar-refractivity contribution >= 4 is 23.6 Å². The number of carbonyl (C=O) groups excluding carboxylic acids is 2. The van der Waals surface area contributed by atoms with Gasteiger partial charge in [-0.2, -0.15) is 18.2 Å². The predicted octanol–water partition coefficient (Wildman–Crippen LogP) is 0.832. The molecule has 0 radical (unpaired) electrons. The second-order valence-corrected chi connectivity index (χ2v) is 7.07. The van der Waals surface area contributed by atoms with E-state index >= 15 is 0 Å². The third-order valence-electron chi connectivity index (χ3n) is 4.90. The van der Waals surface area contributed by atoms with Crippen LogP contribution in [0, 0.1) is 0 Å². The Bertz CT molecular complexity index is 731. The van der Waals surface area contributed by atoms with Gasteiger partial charge < -0.3 is 9.80 Å². The van der Waals surface area contributed by atoms with E-state index in [0.717, 1.165) is 6.07 Å². The highest BCUT2D eigenvalue weighted by Gasteiger charge is 2.35. The molecule has 2 aliphatic heterocycles. The number of rotatable bonds is 5. The fourth-order valence-corrected chi connectivity index (χ4v) is 3.22. The van der Waals surface area contributed by atoms with E-state index in [1.165, 1.54) is 9.80 Å². The van der Waals surface area contributed by atoms with E-state index in [0.29, 0.717) is 39.3 Å². The minimum absolute atomic E-state index is 0.0584. The second kappa shape index (κ2) is 7.90. The monoisotopic (exact) mass is 400 g/mol. The Balaban J connectivity index is 1.62. The van der Waals surface area contributed by atoms with Crippen LogP contribution in [0.3, 0.4) is 0 Å². The number of hydrogen-bond donors (Lipinski definition) is 0. The highest BCUT2D eigenvalue weighted by atomic mass is 19.4. The molecule has 0 saturated carbocycles. The molecule has 0 aromatic carbocycles. The van der Waals surface area contributed by atoms with Gasteiger partial charge in [-0.1, -0.05) is 0 Å². The molecule has 2 amide bonds. The van der Waals surface area contributed by atoms with Crippen molar-refractivity contribution in [3.63, 3.8) is 0 Å². The van der Waals surface area contributed by atoms with E-state index in [2.05, 4.69) is 14.9 Å². The van der Waals surface area contributed by atoms with E-state index in [-0.39, 0.29) is 36.4 Å². The third kappa shape index (κ3) is 4.51. The number of piperazine rings is 1. The predicted molar refractivity (Wildman–Crippen MR) is 96.0 cm³/mol. The van der Waals surface area contributed by atoms with E-state index in [1.807, 2.05) is 0 Å². The maximum atomic E-state index is 13.2. The number of anilines is 2. The number of halogens is 3. The van der Waals surface area contributed by atoms with Crippen LogP contribution in [0.15, 0.2) is 6.07 Å². The first-order chi connectivity index (χ1) is 13.1. The molecular formula is C17H23F3N6O2. The average molecular weight is 400 g/mol. The zero-order valence-electron chi connectivity index (χ0n) is 15.9. The lowest BCUT2D eigenvalue weighted by molar-refractivity contribution is -0.141. The smallest absolute Gasteiger partial charge is 0.363 e. The summed E-state index contributed by atoms with van der Waals surface area (Å²) in [6.07, 6.45) is -4.00. The van der Waals surface area contributed by atoms with E-state index < -0.39 is 11.9 Å². The largest absolute Gasteiger partial charge is 0.433 e. The van der Waals surface area contributed by atoms with Crippen LogP contribution >= 0.6 is 0 Å². The SMILES string of the molecule is CN(C)c1cc(C(F)(F)F)nc(N2CCN(CCN3C(=O)CCC3=O)CC2)n1. The van der Waals surface area contributed by atoms with E-state index in [1.54, 1.807) is 19.0 Å². The van der Waals surface area contributed by atoms with Crippen LogP contribution < -0.4 is 9.80 Å². The molecule has 0 unspecified atom stereocenters. The molecule has 1 aromatic rings. The number of nitrogens with zero attached hydrogens (tertiary/aromatic N) is 6. The van der Waals surface area contributed by atoms with Crippen molar-refractivity contribution in [2.45, 2.75) is 19.0 Å². The van der Waals surface area contributed by atoms with Gasteiger partial charge in [-0.25, -0.2) is 4.98 Å². The molecule has 2 aliphatic rings. The van der Waals surface area contributed by atoms with Gasteiger partial charge in [-0.3, -0.25) is 19.4 Å². The average Bonchev–Trinajstić information content (AvgIpc) is 2.97. The van der Waals surface area contributed by atoms with Gasteiger partial charge in [0.1, 0.15) is 5.82 Å². The van der Waals surface area contributed by atoms with Crippen LogP contribution in [-0.4, -0.2) is 84.9 Å². The standard InChI is InChI=1S/C17H23F3N6O2/c1-23(2)13-11-12(17(18,19)20)21-16(22-13)25-8-5-24(6-9-25)7-10-26-14(27)3-4-15(26)28/h11H,3-10H2,1-2H3. The lowest BCUT2D eigenvalue weighted by Gasteiger charge is -2.35. The summed E-state index contributed by atoms with van der Waals surface area (Å²) in [7, 11) is 3.26. The number of amides is 2. The van der Waals surface area contributed by atoms with Crippen LogP contribution in [0.25, 0.3) is 0 Å². The Morgan fingerprint density at radius 1 is 1.00 bits per heavy atom. The molecule has 3 rings (SSSR count). The third-order valence-corrected chi connectivity index (χ3v) is 4.90. The van der Waals surface area contributed by atoms with Gasteiger partial charge >= 0.3 is 6.18 Å². The maximum absolute atomic E-state index is 13.2. The Kier molecular flexibility index (Phi) is 5.73. The second-order valence-electron chi connectivity index (χ2n) is 7.07. The van der Waals surface area contributed by atoms with Crippen molar-refractivity contribution in [2.75, 3.05) is 63.2 Å². The van der Waals surface area contributed by atoms with E-state index in [9.17, 15) is 22.8 Å². The molecule has 0 spiro atoms. The molecule has 0 N–H and O–H groups in total. The van der Waals surface area contributed by atoms with Crippen LogP contribution in [0.2, 0.25) is 0 Å². The van der Waals surface area contributed by atoms with Gasteiger partial charge in [0.25, 0.3) is 0 Å². The van der Waals surface area contributed by atoms with Gasteiger partial charge in [0.15, 0.2) is 5.69 Å². The van der Waals surface area contributed by atoms with Gasteiger partial charge in [-0.05, 0) is 0 Å². The summed E-state index contributed by atoms with van der Waals surface area (Å²) in [5.74, 6) is -0.0247. The van der Waals surface area contributed by atoms with E-state index in [4.69, 9.17) is 0 Å². The molecule has 11 heteroatoms. The summed E-state index contributed by atoms with van der Waals surface area (Å²) in [6.45, 7) is 3.02. The zero-order chi connectivity index (χ0) is 20.5. The lowest BCUT2D eigenvalue weighted by atomic mass is 10.3. The summed E-state index contributed by atoms with van der Waals surface area (Å²) in [6, 6.07) is 0.934. The lowest BCUT2D eigenvalue weighted by Crippen LogP contribution is -2.49. The Labute approximate surface area is 160 Å². The molecular weight excluding hydrogens is 377 g/mol. The van der Waals surface area contributed by atoms with Crippen molar-refractivity contribution in [2.24, 2.45) is 0 Å². The van der Waals surface area contributed by atoms with Gasteiger partial charge in [0.05, 0.1) is 0 Å². The van der Waals surface area contributed by atoms with Crippen LogP contribution in [0.5, 0.6) is 0 Å². The zero-order valence-corrected chi connectivity index (χ0v) is 15.9. The highest BCUT2D eigenvalue weighted by Crippen LogP contribution is 2.31. The number of likely N-dealkylation sites (tertiary alicyclic amines) is 1. The Morgan fingerprint density at radius 2 is 1.61 bits per heavy atom. The quantitative estimate of drug-likeness (QED) is 0.678. The number of imide groups is 1. The normalized spacial score (nSPS) is 18.9. The molecule has 0 aliphatic carbocycles. The minimum Gasteiger partial charge on any atom is -0.363 e. The molecule has 1 aromatic heterocycles. The molecule has 3 heterocycles. The van der Waals surface area contributed by atoms with Crippen molar-refractivity contribution in [1.82, 2.24) is 19.8 Å². The Hall–Kier alpha value is -2.43. The fourth-order valence-electron chi connectivity index (χ4n) is 3.22. The first kappa shape index (κ1) is 20.3. The molecule has 28 heavy (non-hydrogen) atoms. The first-order valence-electron chi connectivity index (χ1n) is 9.09. The van der Waals surface area contributed by atoms with Gasteiger partial charge in [0.2, 0.25) is 17.8 Å². The van der Waals surface area contributed by atoms with Gasteiger partial charge in [0, 0.05) is 72.3 Å². The maximum Gasteiger partial charge on any atom is 0.433 e. The van der Waals surface area contributed by atoms with Crippen LogP contribution in [-0.2, 0) is 15.8 Å². The molecule has 0 bridgehead atoms. The number of aromatic nitrogens is 2.